The molecule has 3 aromatic rings. The first-order chi connectivity index (χ1) is 12.6. The van der Waals surface area contributed by atoms with Gasteiger partial charge >= 0.3 is 18.0 Å². The maximum atomic E-state index is 12.7. The summed E-state index contributed by atoms with van der Waals surface area (Å²) in [7, 11) is 0. The molecule has 1 N–H and O–H groups in total. The van der Waals surface area contributed by atoms with E-state index in [1.807, 2.05) is 0 Å². The van der Waals surface area contributed by atoms with E-state index in [1.165, 1.54) is 18.2 Å². The van der Waals surface area contributed by atoms with E-state index in [-0.39, 0.29) is 27.3 Å². The zero-order valence-electron chi connectivity index (χ0n) is 12.8. The van der Waals surface area contributed by atoms with Crippen molar-refractivity contribution in [3.8, 4) is 11.5 Å². The summed E-state index contributed by atoms with van der Waals surface area (Å²) in [6.45, 7) is 0. The van der Waals surface area contributed by atoms with E-state index >= 15 is 0 Å². The first-order valence-corrected chi connectivity index (χ1v) is 8.12. The molecule has 0 aliphatic rings. The molecule has 0 unspecified atom stereocenters. The van der Waals surface area contributed by atoms with Crippen LogP contribution in [-0.2, 0) is 6.18 Å². The number of carbonyl (C=O) groups excluding carboxylic acids is 1. The van der Waals surface area contributed by atoms with Crippen molar-refractivity contribution in [1.29, 1.82) is 0 Å². The second kappa shape index (κ2) is 7.34. The van der Waals surface area contributed by atoms with Gasteiger partial charge in [0.25, 0.3) is 0 Å². The molecule has 0 atom stereocenters. The minimum atomic E-state index is -4.60. The van der Waals surface area contributed by atoms with E-state index in [0.29, 0.717) is 17.3 Å². The zero-order valence-corrected chi connectivity index (χ0v) is 15.1. The van der Waals surface area contributed by atoms with Gasteiger partial charge in [0.15, 0.2) is 0 Å². The Kier molecular flexibility index (Phi) is 5.27. The molecule has 1 amide bonds. The summed E-state index contributed by atoms with van der Waals surface area (Å²) in [5.41, 5.74) is -0.955. The number of carbonyl (C=O) groups is 1. The van der Waals surface area contributed by atoms with Crippen LogP contribution in [0, 0.1) is 0 Å². The van der Waals surface area contributed by atoms with Crippen molar-refractivity contribution in [2.75, 3.05) is 5.32 Å². The van der Waals surface area contributed by atoms with Gasteiger partial charge in [0, 0.05) is 11.2 Å². The van der Waals surface area contributed by atoms with Crippen molar-refractivity contribution in [3.05, 3.63) is 57.0 Å². The van der Waals surface area contributed by atoms with Crippen LogP contribution in [0.2, 0.25) is 15.1 Å². The lowest BCUT2D eigenvalue weighted by molar-refractivity contribution is -0.137. The van der Waals surface area contributed by atoms with Gasteiger partial charge in [-0.2, -0.15) is 18.2 Å². The molecule has 2 heterocycles. The lowest BCUT2D eigenvalue weighted by Crippen LogP contribution is -2.12. The van der Waals surface area contributed by atoms with Crippen LogP contribution in [-0.4, -0.2) is 21.0 Å². The minimum absolute atomic E-state index is 0.169. The van der Waals surface area contributed by atoms with E-state index < -0.39 is 23.5 Å². The van der Waals surface area contributed by atoms with Crippen LogP contribution < -0.4 is 5.32 Å². The number of halogens is 6. The Balaban J connectivity index is 1.83. The molecular formula is C15H6Cl3F3N4O2. The highest BCUT2D eigenvalue weighted by Gasteiger charge is 2.32. The number of aromatic nitrogens is 3. The van der Waals surface area contributed by atoms with Crippen molar-refractivity contribution >= 4 is 46.4 Å². The fourth-order valence-corrected chi connectivity index (χ4v) is 2.64. The fraction of sp³-hybridized carbons (Fsp3) is 0.0667. The summed E-state index contributed by atoms with van der Waals surface area (Å²) < 4.78 is 42.8. The fourth-order valence-electron chi connectivity index (χ4n) is 1.94. The van der Waals surface area contributed by atoms with Crippen LogP contribution in [0.15, 0.2) is 35.0 Å². The zero-order chi connectivity index (χ0) is 19.8. The predicted molar refractivity (Wildman–Crippen MR) is 92.0 cm³/mol. The van der Waals surface area contributed by atoms with Gasteiger partial charge in [-0.15, -0.1) is 0 Å². The molecule has 2 aromatic heterocycles. The van der Waals surface area contributed by atoms with E-state index in [4.69, 9.17) is 39.3 Å². The van der Waals surface area contributed by atoms with Gasteiger partial charge in [-0.3, -0.25) is 9.78 Å². The highest BCUT2D eigenvalue weighted by molar-refractivity contribution is 6.36. The molecule has 1 aromatic carbocycles. The largest absolute Gasteiger partial charge is 0.417 e. The molecule has 12 heteroatoms. The standard InChI is InChI=1S/C15H6Cl3F3N4O2/c16-7-1-2-10(8(17)4-7)23-13(26)14-24-12(25-27-14)11-9(18)3-6(5-22-11)15(19,20)21/h1-5H,(H,23,26). The number of pyridine rings is 1. The Bertz CT molecular complexity index is 1020. The van der Waals surface area contributed by atoms with Gasteiger partial charge in [-0.1, -0.05) is 40.0 Å². The monoisotopic (exact) mass is 436 g/mol. The molecular weight excluding hydrogens is 432 g/mol. The maximum Gasteiger partial charge on any atom is 0.417 e. The number of nitrogens with one attached hydrogen (secondary N) is 1. The van der Waals surface area contributed by atoms with Gasteiger partial charge < -0.3 is 9.84 Å². The molecule has 27 heavy (non-hydrogen) atoms. The first kappa shape index (κ1) is 19.4. The molecule has 0 bridgehead atoms. The van der Waals surface area contributed by atoms with Crippen molar-refractivity contribution in [2.45, 2.75) is 6.18 Å². The van der Waals surface area contributed by atoms with Crippen molar-refractivity contribution in [2.24, 2.45) is 0 Å². The van der Waals surface area contributed by atoms with Gasteiger partial charge in [-0.05, 0) is 24.3 Å². The average Bonchev–Trinajstić information content (AvgIpc) is 3.06. The molecule has 140 valence electrons. The Labute approximate surface area is 164 Å². The Morgan fingerprint density at radius 1 is 1.11 bits per heavy atom. The van der Waals surface area contributed by atoms with Gasteiger partial charge in [0.05, 0.1) is 21.3 Å². The average molecular weight is 438 g/mol. The third kappa shape index (κ3) is 4.32. The molecule has 6 nitrogen and oxygen atoms in total. The summed E-state index contributed by atoms with van der Waals surface area (Å²) >= 11 is 17.5. The summed E-state index contributed by atoms with van der Waals surface area (Å²) in [6.07, 6.45) is -4.03. The highest BCUT2D eigenvalue weighted by Crippen LogP contribution is 2.33. The van der Waals surface area contributed by atoms with Crippen LogP contribution in [0.3, 0.4) is 0 Å². The predicted octanol–water partition coefficient (Wildman–Crippen LogP) is 5.36. The molecule has 0 fully saturated rings. The number of hydrogen-bond acceptors (Lipinski definition) is 5. The second-order valence-corrected chi connectivity index (χ2v) is 6.30. The van der Waals surface area contributed by atoms with Crippen LogP contribution in [0.1, 0.15) is 16.2 Å². The second-order valence-electron chi connectivity index (χ2n) is 5.05. The molecule has 3 rings (SSSR count). The van der Waals surface area contributed by atoms with E-state index in [2.05, 4.69) is 20.4 Å². The number of alkyl halides is 3. The lowest BCUT2D eigenvalue weighted by atomic mass is 10.2. The van der Waals surface area contributed by atoms with Gasteiger partial charge in [0.2, 0.25) is 5.82 Å². The summed E-state index contributed by atoms with van der Waals surface area (Å²) in [5.74, 6) is -1.50. The normalized spacial score (nSPS) is 11.5. The van der Waals surface area contributed by atoms with Crippen molar-refractivity contribution < 1.29 is 22.5 Å². The highest BCUT2D eigenvalue weighted by atomic mass is 35.5. The minimum Gasteiger partial charge on any atom is -0.328 e. The topological polar surface area (TPSA) is 80.9 Å². The summed E-state index contributed by atoms with van der Waals surface area (Å²) in [4.78, 5) is 19.5. The molecule has 0 aliphatic carbocycles. The number of hydrogen-bond donors (Lipinski definition) is 1. The van der Waals surface area contributed by atoms with E-state index in [1.54, 1.807) is 0 Å². The van der Waals surface area contributed by atoms with E-state index in [9.17, 15) is 18.0 Å². The quantitative estimate of drug-likeness (QED) is 0.596. The maximum absolute atomic E-state index is 12.7. The van der Waals surface area contributed by atoms with Crippen LogP contribution >= 0.6 is 34.8 Å². The molecule has 0 saturated carbocycles. The SMILES string of the molecule is O=C(Nc1ccc(Cl)cc1Cl)c1nc(-c2ncc(C(F)(F)F)cc2Cl)no1. The smallest absolute Gasteiger partial charge is 0.328 e. The van der Waals surface area contributed by atoms with Crippen molar-refractivity contribution in [3.63, 3.8) is 0 Å². The Morgan fingerprint density at radius 2 is 1.85 bits per heavy atom. The van der Waals surface area contributed by atoms with Gasteiger partial charge in [-0.25, -0.2) is 0 Å². The number of anilines is 1. The number of nitrogens with zero attached hydrogens (tertiary/aromatic N) is 3. The lowest BCUT2D eigenvalue weighted by Gasteiger charge is -2.07. The Hall–Kier alpha value is -2.36. The summed E-state index contributed by atoms with van der Waals surface area (Å²) in [5, 5.41) is 6.15. The van der Waals surface area contributed by atoms with E-state index in [0.717, 1.165) is 0 Å². The third-order valence-electron chi connectivity index (χ3n) is 3.18. The summed E-state index contributed by atoms with van der Waals surface area (Å²) in [6, 6.07) is 5.07. The molecule has 0 radical (unpaired) electrons. The van der Waals surface area contributed by atoms with Crippen LogP contribution in [0.5, 0.6) is 0 Å². The van der Waals surface area contributed by atoms with Crippen molar-refractivity contribution in [1.82, 2.24) is 15.1 Å². The molecule has 0 aliphatic heterocycles. The number of amides is 1. The van der Waals surface area contributed by atoms with Crippen LogP contribution in [0.25, 0.3) is 11.5 Å². The molecule has 0 spiro atoms. The van der Waals surface area contributed by atoms with Gasteiger partial charge in [0.1, 0.15) is 5.69 Å². The number of benzene rings is 1. The third-order valence-corrected chi connectivity index (χ3v) is 4.02. The first-order valence-electron chi connectivity index (χ1n) is 6.98. The van der Waals surface area contributed by atoms with Crippen LogP contribution in [0.4, 0.5) is 18.9 Å². The Morgan fingerprint density at radius 3 is 2.48 bits per heavy atom. The number of rotatable bonds is 3. The molecule has 0 saturated heterocycles.